The van der Waals surface area contributed by atoms with Gasteiger partial charge in [-0.3, -0.25) is 9.78 Å². The zero-order chi connectivity index (χ0) is 27.8. The minimum Gasteiger partial charge on any atom is -0.351 e. The van der Waals surface area contributed by atoms with Gasteiger partial charge >= 0.3 is 0 Å². The highest BCUT2D eigenvalue weighted by Crippen LogP contribution is 2.45. The molecule has 39 heavy (non-hydrogen) atoms. The molecule has 200 valence electrons. The van der Waals surface area contributed by atoms with Crippen molar-refractivity contribution in [3.05, 3.63) is 106 Å². The van der Waals surface area contributed by atoms with Crippen molar-refractivity contribution in [2.75, 3.05) is 10.2 Å². The number of hydrogen-bond donors (Lipinski definition) is 2. The van der Waals surface area contributed by atoms with Crippen molar-refractivity contribution in [1.82, 2.24) is 14.9 Å². The van der Waals surface area contributed by atoms with Crippen LogP contribution in [-0.4, -0.2) is 20.6 Å². The Hall–Kier alpha value is -3.39. The molecule has 2 atom stereocenters. The standard InChI is InChI=1S/C30H29Cl2N5OS/c1-17(2)29(38)34-24-13-12-20(16-23(24)32)37-28(27(35-30(37)39)25-10-7-8-14-33-25)21-15-18(3)36(19(21)4)26-11-6-5-9-22(26)31/h5-17,27-28H,1-4H3,(H,34,38)(H,35,39)/t27-,28+/m0/s1. The van der Waals surface area contributed by atoms with Crippen molar-refractivity contribution < 1.29 is 4.79 Å². The molecule has 5 rings (SSSR count). The summed E-state index contributed by atoms with van der Waals surface area (Å²) < 4.78 is 2.17. The summed E-state index contributed by atoms with van der Waals surface area (Å²) in [6.07, 6.45) is 1.79. The van der Waals surface area contributed by atoms with E-state index in [1.165, 1.54) is 0 Å². The van der Waals surface area contributed by atoms with Crippen molar-refractivity contribution in [3.63, 3.8) is 0 Å². The number of nitrogens with zero attached hydrogens (tertiary/aromatic N) is 3. The maximum atomic E-state index is 12.3. The normalized spacial score (nSPS) is 17.0. The smallest absolute Gasteiger partial charge is 0.226 e. The summed E-state index contributed by atoms with van der Waals surface area (Å²) in [4.78, 5) is 19.0. The van der Waals surface area contributed by atoms with Crippen LogP contribution in [0.1, 0.15) is 48.6 Å². The van der Waals surface area contributed by atoms with Crippen LogP contribution in [0.3, 0.4) is 0 Å². The van der Waals surface area contributed by atoms with Crippen LogP contribution in [0.5, 0.6) is 0 Å². The average molecular weight is 579 g/mol. The molecule has 0 radical (unpaired) electrons. The number of nitrogens with one attached hydrogen (secondary N) is 2. The molecule has 0 spiro atoms. The highest BCUT2D eigenvalue weighted by molar-refractivity contribution is 7.80. The maximum absolute atomic E-state index is 12.3. The molecule has 2 aromatic carbocycles. The first-order chi connectivity index (χ1) is 18.7. The molecule has 2 N–H and O–H groups in total. The van der Waals surface area contributed by atoms with Crippen LogP contribution in [0.25, 0.3) is 5.69 Å². The molecule has 1 amide bonds. The van der Waals surface area contributed by atoms with Gasteiger partial charge in [0, 0.05) is 29.2 Å². The molecular formula is C30H29Cl2N5OS. The molecular weight excluding hydrogens is 549 g/mol. The van der Waals surface area contributed by atoms with Gasteiger partial charge in [0.15, 0.2) is 5.11 Å². The Kier molecular flexibility index (Phi) is 7.67. The SMILES string of the molecule is Cc1cc([C@@H]2[C@H](c3ccccn3)NC(=S)N2c2ccc(NC(=O)C(C)C)c(Cl)c2)c(C)n1-c1ccccc1Cl. The van der Waals surface area contributed by atoms with Crippen molar-refractivity contribution in [1.29, 1.82) is 0 Å². The summed E-state index contributed by atoms with van der Waals surface area (Å²) in [7, 11) is 0. The molecule has 1 aliphatic rings. The fourth-order valence-corrected chi connectivity index (χ4v) is 5.86. The molecule has 0 unspecified atom stereocenters. The largest absolute Gasteiger partial charge is 0.351 e. The van der Waals surface area contributed by atoms with Gasteiger partial charge in [-0.15, -0.1) is 0 Å². The van der Waals surface area contributed by atoms with Gasteiger partial charge in [-0.2, -0.15) is 0 Å². The quantitative estimate of drug-likeness (QED) is 0.231. The Morgan fingerprint density at radius 2 is 1.77 bits per heavy atom. The van der Waals surface area contributed by atoms with Gasteiger partial charge in [0.25, 0.3) is 0 Å². The maximum Gasteiger partial charge on any atom is 0.226 e. The predicted molar refractivity (Wildman–Crippen MR) is 163 cm³/mol. The fraction of sp³-hybridized carbons (Fsp3) is 0.233. The lowest BCUT2D eigenvalue weighted by molar-refractivity contribution is -0.118. The Labute approximate surface area is 244 Å². The Balaban J connectivity index is 1.63. The third kappa shape index (κ3) is 5.14. The summed E-state index contributed by atoms with van der Waals surface area (Å²) in [5.41, 5.74) is 6.36. The van der Waals surface area contributed by atoms with Crippen molar-refractivity contribution in [2.24, 2.45) is 5.92 Å². The number of thiocarbonyl (C=S) groups is 1. The van der Waals surface area contributed by atoms with Gasteiger partial charge in [-0.05, 0) is 80.2 Å². The molecule has 1 saturated heterocycles. The molecule has 9 heteroatoms. The van der Waals surface area contributed by atoms with Crippen LogP contribution in [0, 0.1) is 19.8 Å². The number of hydrogen-bond acceptors (Lipinski definition) is 3. The van der Waals surface area contributed by atoms with Crippen molar-refractivity contribution in [3.8, 4) is 5.69 Å². The third-order valence-electron chi connectivity index (χ3n) is 6.99. The number of aromatic nitrogens is 2. The minimum absolute atomic E-state index is 0.0943. The minimum atomic E-state index is -0.220. The van der Waals surface area contributed by atoms with E-state index < -0.39 is 0 Å². The lowest BCUT2D eigenvalue weighted by atomic mass is 9.96. The van der Waals surface area contributed by atoms with E-state index in [1.54, 1.807) is 6.20 Å². The van der Waals surface area contributed by atoms with Gasteiger partial charge < -0.3 is 20.1 Å². The molecule has 1 aliphatic heterocycles. The Morgan fingerprint density at radius 1 is 1.03 bits per heavy atom. The molecule has 1 fully saturated rings. The fourth-order valence-electron chi connectivity index (χ4n) is 5.07. The predicted octanol–water partition coefficient (Wildman–Crippen LogP) is 7.57. The highest BCUT2D eigenvalue weighted by Gasteiger charge is 2.42. The van der Waals surface area contributed by atoms with Crippen LogP contribution in [0.2, 0.25) is 10.0 Å². The lowest BCUT2D eigenvalue weighted by Crippen LogP contribution is -2.29. The van der Waals surface area contributed by atoms with E-state index in [4.69, 9.17) is 35.4 Å². The number of benzene rings is 2. The first kappa shape index (κ1) is 27.2. The van der Waals surface area contributed by atoms with E-state index >= 15 is 0 Å². The van der Waals surface area contributed by atoms with E-state index in [0.29, 0.717) is 20.8 Å². The number of carbonyl (C=O) groups excluding carboxylic acids is 1. The van der Waals surface area contributed by atoms with Crippen molar-refractivity contribution in [2.45, 2.75) is 39.8 Å². The second kappa shape index (κ2) is 11.0. The van der Waals surface area contributed by atoms with E-state index in [9.17, 15) is 4.79 Å². The second-order valence-electron chi connectivity index (χ2n) is 9.92. The third-order valence-corrected chi connectivity index (χ3v) is 7.94. The van der Waals surface area contributed by atoms with Gasteiger partial charge in [0.05, 0.1) is 39.2 Å². The van der Waals surface area contributed by atoms with E-state index in [0.717, 1.165) is 34.0 Å². The number of rotatable bonds is 6. The Bertz CT molecular complexity index is 1550. The molecule has 2 aromatic heterocycles. The van der Waals surface area contributed by atoms with Gasteiger partial charge in [-0.1, -0.05) is 55.2 Å². The van der Waals surface area contributed by atoms with E-state index in [1.807, 2.05) is 74.5 Å². The van der Waals surface area contributed by atoms with Gasteiger partial charge in [0.2, 0.25) is 5.91 Å². The molecule has 4 aromatic rings. The van der Waals surface area contributed by atoms with E-state index in [2.05, 4.69) is 45.0 Å². The zero-order valence-corrected chi connectivity index (χ0v) is 24.4. The van der Waals surface area contributed by atoms with Crippen molar-refractivity contribution >= 4 is 57.8 Å². The monoisotopic (exact) mass is 577 g/mol. The highest BCUT2D eigenvalue weighted by atomic mass is 35.5. The summed E-state index contributed by atoms with van der Waals surface area (Å²) in [5, 5.41) is 8.07. The number of aryl methyl sites for hydroxylation is 1. The van der Waals surface area contributed by atoms with Crippen LogP contribution < -0.4 is 15.5 Å². The molecule has 0 saturated carbocycles. The first-order valence-corrected chi connectivity index (χ1v) is 13.9. The molecule has 0 aliphatic carbocycles. The topological polar surface area (TPSA) is 62.2 Å². The summed E-state index contributed by atoms with van der Waals surface area (Å²) >= 11 is 19.2. The number of para-hydroxylation sites is 1. The number of carbonyl (C=O) groups is 1. The van der Waals surface area contributed by atoms with Gasteiger partial charge in [0.1, 0.15) is 0 Å². The van der Waals surface area contributed by atoms with Crippen LogP contribution in [0.4, 0.5) is 11.4 Å². The summed E-state index contributed by atoms with van der Waals surface area (Å²) in [6.45, 7) is 7.85. The summed E-state index contributed by atoms with van der Waals surface area (Å²) in [6, 6.07) is 21.0. The van der Waals surface area contributed by atoms with Crippen LogP contribution in [-0.2, 0) is 4.79 Å². The van der Waals surface area contributed by atoms with Crippen LogP contribution in [0.15, 0.2) is 72.9 Å². The molecule has 3 heterocycles. The zero-order valence-electron chi connectivity index (χ0n) is 22.1. The van der Waals surface area contributed by atoms with Crippen LogP contribution >= 0.6 is 35.4 Å². The second-order valence-corrected chi connectivity index (χ2v) is 11.1. The average Bonchev–Trinajstić information content (AvgIpc) is 3.41. The molecule has 0 bridgehead atoms. The Morgan fingerprint density at radius 3 is 2.44 bits per heavy atom. The lowest BCUT2D eigenvalue weighted by Gasteiger charge is -2.28. The summed E-state index contributed by atoms with van der Waals surface area (Å²) in [5.74, 6) is -0.254. The number of anilines is 2. The number of amides is 1. The molecule has 6 nitrogen and oxygen atoms in total. The number of halogens is 2. The van der Waals surface area contributed by atoms with E-state index in [-0.39, 0.29) is 23.9 Å². The number of pyridine rings is 1. The first-order valence-electron chi connectivity index (χ1n) is 12.7. The van der Waals surface area contributed by atoms with Gasteiger partial charge in [-0.25, -0.2) is 0 Å².